The fourth-order valence-corrected chi connectivity index (χ4v) is 8.65. The second-order valence-corrected chi connectivity index (χ2v) is 12.1. The molecular weight excluding hydrogens is 526 g/mol. The summed E-state index contributed by atoms with van der Waals surface area (Å²) in [5, 5.41) is 2.90. The van der Waals surface area contributed by atoms with Crippen molar-refractivity contribution in [3.63, 3.8) is 0 Å². The Morgan fingerprint density at radius 1 is 0.481 bits per heavy atom. The van der Waals surface area contributed by atoms with E-state index in [9.17, 15) is 0 Å². The molecule has 0 aromatic heterocycles. The molecule has 2 rings (SSSR count). The molecule has 0 heterocycles. The maximum Gasteiger partial charge on any atom is 4.00 e. The normalized spacial score (nSPS) is 10.3. The summed E-state index contributed by atoms with van der Waals surface area (Å²) in [6.45, 7) is 0. The predicted octanol–water partition coefficient (Wildman–Crippen LogP) is 3.77. The van der Waals surface area contributed by atoms with Crippen molar-refractivity contribution < 1.29 is 21.1 Å². The first-order valence-corrected chi connectivity index (χ1v) is 14.4. The van der Waals surface area contributed by atoms with E-state index in [2.05, 4.69) is 60.7 Å². The van der Waals surface area contributed by atoms with E-state index in [-0.39, 0.29) is 36.9 Å². The van der Waals surface area contributed by atoms with E-state index < -0.39 is 0 Å². The Morgan fingerprint density at radius 3 is 0.963 bits per heavy atom. The molecule has 0 N–H and O–H groups in total. The summed E-state index contributed by atoms with van der Waals surface area (Å²) >= 11 is 20.1. The number of hydrogen-bond acceptors (Lipinski definition) is 4. The number of rotatable bonds is 10. The Bertz CT molecular complexity index is 497. The predicted molar refractivity (Wildman–Crippen MR) is 134 cm³/mol. The topological polar surface area (TPSA) is 0 Å². The first-order chi connectivity index (χ1) is 12.8. The van der Waals surface area contributed by atoms with Crippen LogP contribution in [0.15, 0.2) is 60.7 Å². The van der Waals surface area contributed by atoms with Crippen molar-refractivity contribution in [1.29, 1.82) is 0 Å². The molecule has 0 atom stereocenters. The van der Waals surface area contributed by atoms with Crippen LogP contribution >= 0.6 is 15.8 Å². The summed E-state index contributed by atoms with van der Waals surface area (Å²) in [4.78, 5) is 0. The fourth-order valence-electron chi connectivity index (χ4n) is 2.46. The van der Waals surface area contributed by atoms with Crippen LogP contribution in [0.1, 0.15) is 0 Å². The molecule has 0 radical (unpaired) electrons. The average molecular weight is 553 g/mol. The second kappa shape index (κ2) is 19.4. The molecule has 7 heteroatoms. The van der Waals surface area contributed by atoms with Crippen LogP contribution < -0.4 is 10.6 Å². The molecule has 0 saturated carbocycles. The van der Waals surface area contributed by atoms with Gasteiger partial charge in [-0.25, -0.2) is 0 Å². The van der Waals surface area contributed by atoms with Gasteiger partial charge < -0.3 is 50.5 Å². The van der Waals surface area contributed by atoms with Gasteiger partial charge in [-0.05, 0) is 10.6 Å². The van der Waals surface area contributed by atoms with E-state index in [0.717, 1.165) is 47.7 Å². The summed E-state index contributed by atoms with van der Waals surface area (Å²) < 4.78 is 0. The number of benzene rings is 2. The van der Waals surface area contributed by atoms with Gasteiger partial charge in [0.15, 0.2) is 0 Å². The van der Waals surface area contributed by atoms with E-state index in [1.54, 1.807) is 0 Å². The van der Waals surface area contributed by atoms with Gasteiger partial charge in [0, 0.05) is 0 Å². The molecule has 0 amide bonds. The number of hydrogen-bond donors (Lipinski definition) is 0. The Labute approximate surface area is 204 Å². The second-order valence-electron chi connectivity index (χ2n) is 5.46. The van der Waals surface area contributed by atoms with Crippen LogP contribution in [0.4, 0.5) is 0 Å². The Morgan fingerprint density at radius 2 is 0.741 bits per heavy atom. The zero-order chi connectivity index (χ0) is 19.0. The molecule has 0 nitrogen and oxygen atoms in total. The Kier molecular flexibility index (Phi) is 20.4. The van der Waals surface area contributed by atoms with Crippen LogP contribution in [0.3, 0.4) is 0 Å². The monoisotopic (exact) mass is 554 g/mol. The van der Waals surface area contributed by atoms with Crippen molar-refractivity contribution in [1.82, 2.24) is 0 Å². The van der Waals surface area contributed by atoms with Crippen molar-refractivity contribution in [3.8, 4) is 0 Å². The van der Waals surface area contributed by atoms with Crippen LogP contribution in [0.25, 0.3) is 0 Å². The van der Waals surface area contributed by atoms with E-state index >= 15 is 0 Å². The maximum atomic E-state index is 5.02. The molecule has 0 bridgehead atoms. The summed E-state index contributed by atoms with van der Waals surface area (Å²) in [5.41, 5.74) is 0. The van der Waals surface area contributed by atoms with Gasteiger partial charge in [0.2, 0.25) is 0 Å². The summed E-state index contributed by atoms with van der Waals surface area (Å²) in [5.74, 6) is 3.43. The van der Waals surface area contributed by atoms with E-state index in [1.807, 2.05) is 0 Å². The molecule has 27 heavy (non-hydrogen) atoms. The summed E-state index contributed by atoms with van der Waals surface area (Å²) in [6.07, 6.45) is 4.58. The zero-order valence-corrected chi connectivity index (χ0v) is 22.4. The van der Waals surface area contributed by atoms with Gasteiger partial charge in [-0.15, -0.1) is 0 Å². The van der Waals surface area contributed by atoms with Gasteiger partial charge in [-0.3, -0.25) is 0 Å². The average Bonchev–Trinajstić information content (AvgIpc) is 2.69. The molecule has 0 aliphatic heterocycles. The molecule has 2 aromatic rings. The van der Waals surface area contributed by atoms with Gasteiger partial charge >= 0.3 is 21.1 Å². The van der Waals surface area contributed by atoms with Crippen molar-refractivity contribution in [3.05, 3.63) is 60.7 Å². The minimum absolute atomic E-state index is 0. The van der Waals surface area contributed by atoms with Crippen molar-refractivity contribution >= 4 is 77.0 Å². The van der Waals surface area contributed by atoms with E-state index in [0.29, 0.717) is 0 Å². The molecule has 0 aliphatic carbocycles. The Balaban J connectivity index is 0.000000483. The molecule has 0 aliphatic rings. The van der Waals surface area contributed by atoms with Gasteiger partial charge in [-0.1, -0.05) is 101 Å². The largest absolute Gasteiger partial charge is 4.00 e. The van der Waals surface area contributed by atoms with Gasteiger partial charge in [0.05, 0.1) is 0 Å². The molecule has 0 spiro atoms. The Hall–Kier alpha value is 1.39. The zero-order valence-electron chi connectivity index (χ0n) is 15.4. The van der Waals surface area contributed by atoms with Crippen LogP contribution in [-0.2, 0) is 71.6 Å². The summed E-state index contributed by atoms with van der Waals surface area (Å²) in [6, 6.07) is 21.3. The SMILES string of the molecule is [Mo+4].[S-]CCP(CC[S-])c1ccccc1.[S-]CCP(CC[S-])c1ccccc1. The maximum absolute atomic E-state index is 5.02. The van der Waals surface area contributed by atoms with E-state index in [1.165, 1.54) is 10.6 Å². The standard InChI is InChI=1S/2C10H15PS2.Mo/c2*12-8-6-11(7-9-13)10-4-2-1-3-5-10;/h2*1-5,12-13H,6-9H2;/q;;+4/p-4. The quantitative estimate of drug-likeness (QED) is 0.250. The first kappa shape index (κ1) is 28.4. The molecule has 146 valence electrons. The minimum atomic E-state index is -0.0643. The molecule has 2 aromatic carbocycles. The third kappa shape index (κ3) is 12.6. The van der Waals surface area contributed by atoms with Crippen LogP contribution in [0, 0.1) is 0 Å². The fraction of sp³-hybridized carbons (Fsp3) is 0.400. The third-order valence-corrected chi connectivity index (χ3v) is 10.8. The van der Waals surface area contributed by atoms with E-state index in [4.69, 9.17) is 50.5 Å². The molecule has 0 fully saturated rings. The van der Waals surface area contributed by atoms with Gasteiger partial charge in [0.25, 0.3) is 0 Å². The van der Waals surface area contributed by atoms with Crippen molar-refractivity contribution in [2.45, 2.75) is 0 Å². The van der Waals surface area contributed by atoms with Gasteiger partial charge in [-0.2, -0.15) is 23.0 Å². The van der Waals surface area contributed by atoms with Crippen molar-refractivity contribution in [2.24, 2.45) is 0 Å². The molecular formula is C20H26MoP2S4. The molecule has 0 unspecified atom stereocenters. The smallest absolute Gasteiger partial charge is 0.792 e. The van der Waals surface area contributed by atoms with Crippen molar-refractivity contribution in [2.75, 3.05) is 47.7 Å². The minimum Gasteiger partial charge on any atom is -0.792 e. The van der Waals surface area contributed by atoms with Crippen LogP contribution in [0.5, 0.6) is 0 Å². The molecule has 0 saturated heterocycles. The summed E-state index contributed by atoms with van der Waals surface area (Å²) in [7, 11) is -0.129. The van der Waals surface area contributed by atoms with Gasteiger partial charge in [0.1, 0.15) is 0 Å². The van der Waals surface area contributed by atoms with Crippen LogP contribution in [0.2, 0.25) is 0 Å². The first-order valence-electron chi connectivity index (χ1n) is 8.69. The third-order valence-electron chi connectivity index (χ3n) is 3.69. The van der Waals surface area contributed by atoms with Crippen LogP contribution in [-0.4, -0.2) is 47.7 Å².